The predicted octanol–water partition coefficient (Wildman–Crippen LogP) is 2.19. The minimum Gasteiger partial charge on any atom is -0.497 e. The first-order chi connectivity index (χ1) is 11.1. The molecule has 23 heavy (non-hydrogen) atoms. The largest absolute Gasteiger partial charge is 0.497 e. The smallest absolute Gasteiger partial charge is 0.280 e. The first-order valence-corrected chi connectivity index (χ1v) is 7.20. The zero-order valence-corrected chi connectivity index (χ0v) is 13.0. The van der Waals surface area contributed by atoms with Crippen LogP contribution in [0.4, 0.5) is 5.69 Å². The number of rotatable bonds is 3. The highest BCUT2D eigenvalue weighted by Crippen LogP contribution is 2.21. The fourth-order valence-electron chi connectivity index (χ4n) is 2.25. The van der Waals surface area contributed by atoms with E-state index in [4.69, 9.17) is 17.0 Å². The molecule has 0 fully saturated rings. The number of amides is 2. The van der Waals surface area contributed by atoms with Gasteiger partial charge in [0.2, 0.25) is 0 Å². The van der Waals surface area contributed by atoms with Gasteiger partial charge in [0.1, 0.15) is 5.75 Å². The Morgan fingerprint density at radius 2 is 1.70 bits per heavy atom. The third-order valence-electron chi connectivity index (χ3n) is 3.34. The number of nitrogens with one attached hydrogen (secondary N) is 2. The number of hydrogen-bond acceptors (Lipinski definition) is 4. The van der Waals surface area contributed by atoms with Crippen LogP contribution in [-0.2, 0) is 0 Å². The number of ether oxygens (including phenoxy) is 1. The first kappa shape index (κ1) is 15.0. The molecule has 7 heteroatoms. The predicted molar refractivity (Wildman–Crippen MR) is 89.3 cm³/mol. The number of carbonyl (C=O) groups is 2. The molecule has 0 spiro atoms. The quantitative estimate of drug-likeness (QED) is 0.665. The van der Waals surface area contributed by atoms with E-state index in [1.165, 1.54) is 0 Å². The minimum atomic E-state index is -0.430. The summed E-state index contributed by atoms with van der Waals surface area (Å²) in [7, 11) is 1.56. The van der Waals surface area contributed by atoms with Gasteiger partial charge in [-0.25, -0.2) is 0 Å². The fraction of sp³-hybridized carbons (Fsp3) is 0.0625. The van der Waals surface area contributed by atoms with Crippen molar-refractivity contribution >= 4 is 34.8 Å². The molecule has 0 atom stereocenters. The van der Waals surface area contributed by atoms with E-state index in [2.05, 4.69) is 10.7 Å². The molecule has 2 aromatic rings. The van der Waals surface area contributed by atoms with E-state index in [1.807, 2.05) is 0 Å². The number of anilines is 1. The molecule has 6 nitrogen and oxygen atoms in total. The summed E-state index contributed by atoms with van der Waals surface area (Å²) < 4.78 is 5.12. The molecule has 2 N–H and O–H groups in total. The Hall–Kier alpha value is -2.93. The van der Waals surface area contributed by atoms with Crippen LogP contribution in [0.3, 0.4) is 0 Å². The van der Waals surface area contributed by atoms with Crippen LogP contribution in [0.1, 0.15) is 20.7 Å². The molecule has 0 unspecified atom stereocenters. The van der Waals surface area contributed by atoms with Crippen LogP contribution < -0.4 is 15.5 Å². The Kier molecular flexibility index (Phi) is 3.94. The van der Waals surface area contributed by atoms with Crippen LogP contribution >= 0.6 is 12.2 Å². The van der Waals surface area contributed by atoms with Gasteiger partial charge in [0, 0.05) is 11.8 Å². The van der Waals surface area contributed by atoms with Crippen molar-refractivity contribution in [1.82, 2.24) is 10.4 Å². The molecule has 1 heterocycles. The fourth-order valence-corrected chi connectivity index (χ4v) is 2.46. The zero-order chi connectivity index (χ0) is 16.4. The third kappa shape index (κ3) is 2.86. The maximum absolute atomic E-state index is 12.2. The molecule has 2 aromatic carbocycles. The number of hydrogen-bond donors (Lipinski definition) is 2. The molecule has 116 valence electrons. The van der Waals surface area contributed by atoms with Gasteiger partial charge in [-0.1, -0.05) is 18.2 Å². The second kappa shape index (κ2) is 6.05. The number of carbonyl (C=O) groups excluding carboxylic acids is 2. The SMILES string of the molecule is COc1cccc(NC(=S)NN2C(=O)c3ccccc3C2=O)c1. The van der Waals surface area contributed by atoms with Crippen LogP contribution in [0.15, 0.2) is 48.5 Å². The number of hydrazine groups is 1. The molecule has 0 aliphatic carbocycles. The van der Waals surface area contributed by atoms with E-state index in [1.54, 1.807) is 55.6 Å². The number of nitrogens with zero attached hydrogens (tertiary/aromatic N) is 1. The lowest BCUT2D eigenvalue weighted by molar-refractivity contribution is 0.0613. The van der Waals surface area contributed by atoms with Crippen LogP contribution in [0.25, 0.3) is 0 Å². The lowest BCUT2D eigenvalue weighted by Crippen LogP contribution is -2.47. The highest BCUT2D eigenvalue weighted by Gasteiger charge is 2.35. The summed E-state index contributed by atoms with van der Waals surface area (Å²) in [6.45, 7) is 0. The van der Waals surface area contributed by atoms with Gasteiger partial charge in [-0.05, 0) is 36.5 Å². The molecular formula is C16H13N3O3S. The van der Waals surface area contributed by atoms with Crippen LogP contribution in [-0.4, -0.2) is 29.0 Å². The van der Waals surface area contributed by atoms with Gasteiger partial charge in [-0.2, -0.15) is 5.01 Å². The minimum absolute atomic E-state index is 0.132. The van der Waals surface area contributed by atoms with E-state index in [0.29, 0.717) is 22.6 Å². The first-order valence-electron chi connectivity index (χ1n) is 6.79. The standard InChI is InChI=1S/C16H13N3O3S/c1-22-11-6-4-5-10(9-11)17-16(23)18-19-14(20)12-7-2-3-8-13(12)15(19)21/h2-9H,1H3,(H2,17,18,23). The Balaban J connectivity index is 1.71. The Morgan fingerprint density at radius 3 is 2.30 bits per heavy atom. The molecule has 0 bridgehead atoms. The summed E-state index contributed by atoms with van der Waals surface area (Å²) >= 11 is 5.16. The van der Waals surface area contributed by atoms with Gasteiger partial charge < -0.3 is 10.1 Å². The van der Waals surface area contributed by atoms with E-state index < -0.39 is 11.8 Å². The van der Waals surface area contributed by atoms with Gasteiger partial charge in [0.25, 0.3) is 11.8 Å². The van der Waals surface area contributed by atoms with Crippen LogP contribution in [0, 0.1) is 0 Å². The van der Waals surface area contributed by atoms with Crippen molar-refractivity contribution in [2.45, 2.75) is 0 Å². The number of fused-ring (bicyclic) bond motifs is 1. The monoisotopic (exact) mass is 327 g/mol. The van der Waals surface area contributed by atoms with Gasteiger partial charge in [-0.3, -0.25) is 15.0 Å². The molecule has 0 radical (unpaired) electrons. The molecular weight excluding hydrogens is 314 g/mol. The van der Waals surface area contributed by atoms with Gasteiger partial charge in [0.15, 0.2) is 5.11 Å². The Morgan fingerprint density at radius 1 is 1.04 bits per heavy atom. The van der Waals surface area contributed by atoms with Crippen LogP contribution in [0.5, 0.6) is 5.75 Å². The molecule has 1 aliphatic heterocycles. The maximum Gasteiger partial charge on any atom is 0.280 e. The van der Waals surface area contributed by atoms with E-state index in [-0.39, 0.29) is 5.11 Å². The summed E-state index contributed by atoms with van der Waals surface area (Å²) in [5.74, 6) is -0.195. The van der Waals surface area contributed by atoms with Crippen molar-refractivity contribution in [3.05, 3.63) is 59.7 Å². The second-order valence-electron chi connectivity index (χ2n) is 4.79. The molecule has 0 aromatic heterocycles. The normalized spacial score (nSPS) is 12.8. The summed E-state index contributed by atoms with van der Waals surface area (Å²) in [4.78, 5) is 24.5. The number of methoxy groups -OCH3 is 1. The third-order valence-corrected chi connectivity index (χ3v) is 3.53. The summed E-state index contributed by atoms with van der Waals surface area (Å²) in [6, 6.07) is 13.8. The van der Waals surface area contributed by atoms with Crippen molar-refractivity contribution in [1.29, 1.82) is 0 Å². The van der Waals surface area contributed by atoms with Crippen molar-refractivity contribution < 1.29 is 14.3 Å². The number of imide groups is 1. The topological polar surface area (TPSA) is 70.7 Å². The van der Waals surface area contributed by atoms with Gasteiger partial charge in [0.05, 0.1) is 18.2 Å². The highest BCUT2D eigenvalue weighted by atomic mass is 32.1. The van der Waals surface area contributed by atoms with Crippen molar-refractivity contribution in [2.75, 3.05) is 12.4 Å². The highest BCUT2D eigenvalue weighted by molar-refractivity contribution is 7.80. The number of thiocarbonyl (C=S) groups is 1. The summed E-state index contributed by atoms with van der Waals surface area (Å²) in [6.07, 6.45) is 0. The summed E-state index contributed by atoms with van der Waals surface area (Å²) in [5, 5.41) is 3.94. The molecule has 0 saturated heterocycles. The van der Waals surface area contributed by atoms with Crippen LogP contribution in [0.2, 0.25) is 0 Å². The molecule has 3 rings (SSSR count). The van der Waals surface area contributed by atoms with E-state index >= 15 is 0 Å². The molecule has 2 amide bonds. The van der Waals surface area contributed by atoms with Crippen molar-refractivity contribution in [3.8, 4) is 5.75 Å². The lowest BCUT2D eigenvalue weighted by atomic mass is 10.1. The Labute approximate surface area is 138 Å². The molecule has 1 aliphatic rings. The zero-order valence-electron chi connectivity index (χ0n) is 12.2. The Bertz CT molecular complexity index is 772. The lowest BCUT2D eigenvalue weighted by Gasteiger charge is -2.18. The van der Waals surface area contributed by atoms with Gasteiger partial charge in [-0.15, -0.1) is 0 Å². The average Bonchev–Trinajstić information content (AvgIpc) is 2.80. The van der Waals surface area contributed by atoms with Gasteiger partial charge >= 0.3 is 0 Å². The molecule has 0 saturated carbocycles. The maximum atomic E-state index is 12.2. The number of benzene rings is 2. The van der Waals surface area contributed by atoms with E-state index in [0.717, 1.165) is 5.01 Å². The van der Waals surface area contributed by atoms with E-state index in [9.17, 15) is 9.59 Å². The average molecular weight is 327 g/mol. The summed E-state index contributed by atoms with van der Waals surface area (Å²) in [5.41, 5.74) is 4.02. The van der Waals surface area contributed by atoms with Crippen molar-refractivity contribution in [3.63, 3.8) is 0 Å². The van der Waals surface area contributed by atoms with Crippen molar-refractivity contribution in [2.24, 2.45) is 0 Å². The second-order valence-corrected chi connectivity index (χ2v) is 5.20.